The number of nitrogens with zero attached hydrogens (tertiary/aromatic N) is 2. The normalized spacial score (nSPS) is 12.7. The van der Waals surface area contributed by atoms with Crippen molar-refractivity contribution in [3.05, 3.63) is 40.8 Å². The molecule has 3 aromatic rings. The van der Waals surface area contributed by atoms with Crippen molar-refractivity contribution in [1.29, 1.82) is 0 Å². The van der Waals surface area contributed by atoms with Crippen molar-refractivity contribution in [3.8, 4) is 0 Å². The molecule has 1 aromatic carbocycles. The van der Waals surface area contributed by atoms with E-state index in [1.54, 1.807) is 11.3 Å². The Morgan fingerprint density at radius 3 is 3.00 bits per heavy atom. The molecule has 0 saturated heterocycles. The van der Waals surface area contributed by atoms with Crippen molar-refractivity contribution in [2.45, 2.75) is 19.4 Å². The van der Waals surface area contributed by atoms with E-state index in [4.69, 9.17) is 0 Å². The maximum atomic E-state index is 4.45. The SMILES string of the molecule is CCC(Nc1snc2ccccc12)c1nccs1. The monoisotopic (exact) mass is 275 g/mol. The summed E-state index contributed by atoms with van der Waals surface area (Å²) in [5.41, 5.74) is 1.05. The molecule has 0 aliphatic heterocycles. The molecule has 2 aromatic heterocycles. The number of fused-ring (bicyclic) bond motifs is 1. The zero-order chi connectivity index (χ0) is 12.4. The summed E-state index contributed by atoms with van der Waals surface area (Å²) in [7, 11) is 0. The Hall–Kier alpha value is -1.46. The predicted molar refractivity (Wildman–Crippen MR) is 78.4 cm³/mol. The third-order valence-electron chi connectivity index (χ3n) is 2.85. The molecule has 18 heavy (non-hydrogen) atoms. The first-order chi connectivity index (χ1) is 8.88. The standard InChI is InChI=1S/C13H13N3S2/c1-2-10(13-14-7-8-17-13)15-12-9-5-3-4-6-11(9)16-18-12/h3-8,10,15H,2H2,1H3. The predicted octanol–water partition coefficient (Wildman–Crippen LogP) is 4.32. The highest BCUT2D eigenvalue weighted by atomic mass is 32.1. The second kappa shape index (κ2) is 5.04. The summed E-state index contributed by atoms with van der Waals surface area (Å²) in [6.45, 7) is 2.17. The van der Waals surface area contributed by atoms with Gasteiger partial charge in [-0.1, -0.05) is 19.1 Å². The van der Waals surface area contributed by atoms with E-state index >= 15 is 0 Å². The van der Waals surface area contributed by atoms with Gasteiger partial charge in [-0.15, -0.1) is 11.3 Å². The number of hydrogen-bond donors (Lipinski definition) is 1. The molecule has 0 aliphatic carbocycles. The summed E-state index contributed by atoms with van der Waals surface area (Å²) in [5, 5.41) is 9.03. The molecular formula is C13H13N3S2. The first-order valence-corrected chi connectivity index (χ1v) is 7.54. The van der Waals surface area contributed by atoms with Gasteiger partial charge in [0.1, 0.15) is 10.0 Å². The number of thiazole rings is 1. The highest BCUT2D eigenvalue weighted by molar-refractivity contribution is 7.12. The largest absolute Gasteiger partial charge is 0.366 e. The second-order valence-corrected chi connectivity index (χ2v) is 5.70. The van der Waals surface area contributed by atoms with E-state index in [0.29, 0.717) is 0 Å². The van der Waals surface area contributed by atoms with Crippen molar-refractivity contribution >= 4 is 38.8 Å². The van der Waals surface area contributed by atoms with Gasteiger partial charge in [-0.3, -0.25) is 0 Å². The van der Waals surface area contributed by atoms with Crippen LogP contribution in [0, 0.1) is 0 Å². The van der Waals surface area contributed by atoms with Gasteiger partial charge in [-0.25, -0.2) is 4.98 Å². The Balaban J connectivity index is 1.91. The fourth-order valence-corrected chi connectivity index (χ4v) is 3.48. The first-order valence-electron chi connectivity index (χ1n) is 5.89. The number of anilines is 1. The van der Waals surface area contributed by atoms with Crippen LogP contribution in [0.2, 0.25) is 0 Å². The number of hydrogen-bond acceptors (Lipinski definition) is 5. The van der Waals surface area contributed by atoms with Gasteiger partial charge in [0.15, 0.2) is 0 Å². The van der Waals surface area contributed by atoms with Crippen molar-refractivity contribution in [1.82, 2.24) is 9.36 Å². The molecule has 3 rings (SSSR count). The average molecular weight is 275 g/mol. The van der Waals surface area contributed by atoms with Gasteiger partial charge in [0.2, 0.25) is 0 Å². The van der Waals surface area contributed by atoms with E-state index in [-0.39, 0.29) is 6.04 Å². The molecule has 1 N–H and O–H groups in total. The van der Waals surface area contributed by atoms with E-state index in [0.717, 1.165) is 21.9 Å². The first kappa shape index (κ1) is 11.6. The lowest BCUT2D eigenvalue weighted by atomic mass is 10.2. The summed E-state index contributed by atoms with van der Waals surface area (Å²) >= 11 is 3.21. The molecule has 1 atom stereocenters. The molecule has 1 unspecified atom stereocenters. The number of nitrogens with one attached hydrogen (secondary N) is 1. The summed E-state index contributed by atoms with van der Waals surface area (Å²) in [6.07, 6.45) is 2.87. The molecule has 0 aliphatic rings. The summed E-state index contributed by atoms with van der Waals surface area (Å²) < 4.78 is 4.45. The van der Waals surface area contributed by atoms with Gasteiger partial charge in [0.25, 0.3) is 0 Å². The molecule has 0 fully saturated rings. The van der Waals surface area contributed by atoms with Crippen LogP contribution in [0.25, 0.3) is 10.9 Å². The van der Waals surface area contributed by atoms with Crippen LogP contribution in [0.15, 0.2) is 35.8 Å². The van der Waals surface area contributed by atoms with Crippen molar-refractivity contribution in [2.24, 2.45) is 0 Å². The molecule has 0 saturated carbocycles. The quantitative estimate of drug-likeness (QED) is 0.770. The van der Waals surface area contributed by atoms with Crippen LogP contribution < -0.4 is 5.32 Å². The van der Waals surface area contributed by atoms with E-state index in [1.165, 1.54) is 16.9 Å². The fraction of sp³-hybridized carbons (Fsp3) is 0.231. The molecule has 0 radical (unpaired) electrons. The van der Waals surface area contributed by atoms with Gasteiger partial charge in [-0.05, 0) is 30.1 Å². The molecule has 0 spiro atoms. The van der Waals surface area contributed by atoms with Crippen molar-refractivity contribution in [3.63, 3.8) is 0 Å². The maximum absolute atomic E-state index is 4.45. The van der Waals surface area contributed by atoms with E-state index in [2.05, 4.69) is 27.7 Å². The van der Waals surface area contributed by atoms with Crippen LogP contribution in [0.5, 0.6) is 0 Å². The minimum absolute atomic E-state index is 0.272. The van der Waals surface area contributed by atoms with E-state index < -0.39 is 0 Å². The van der Waals surface area contributed by atoms with E-state index in [1.807, 2.05) is 29.8 Å². The van der Waals surface area contributed by atoms with Gasteiger partial charge in [-0.2, -0.15) is 4.37 Å². The lowest BCUT2D eigenvalue weighted by Crippen LogP contribution is -2.08. The Bertz CT molecular complexity index is 631. The van der Waals surface area contributed by atoms with Gasteiger partial charge >= 0.3 is 0 Å². The Labute approximate surface area is 114 Å². The number of aromatic nitrogens is 2. The second-order valence-electron chi connectivity index (χ2n) is 4.00. The third kappa shape index (κ3) is 2.11. The maximum Gasteiger partial charge on any atom is 0.117 e. The topological polar surface area (TPSA) is 37.8 Å². The molecule has 0 amide bonds. The number of rotatable bonds is 4. The highest BCUT2D eigenvalue weighted by Gasteiger charge is 2.14. The Morgan fingerprint density at radius 2 is 2.22 bits per heavy atom. The lowest BCUT2D eigenvalue weighted by Gasteiger charge is -2.14. The highest BCUT2D eigenvalue weighted by Crippen LogP contribution is 2.32. The van der Waals surface area contributed by atoms with Gasteiger partial charge in [0.05, 0.1) is 11.6 Å². The van der Waals surface area contributed by atoms with Crippen LogP contribution in [0.4, 0.5) is 5.00 Å². The lowest BCUT2D eigenvalue weighted by molar-refractivity contribution is 0.745. The van der Waals surface area contributed by atoms with Crippen LogP contribution >= 0.6 is 22.9 Å². The fourth-order valence-electron chi connectivity index (χ4n) is 1.90. The molecule has 0 bridgehead atoms. The summed E-state index contributed by atoms with van der Waals surface area (Å²) in [4.78, 5) is 4.39. The zero-order valence-electron chi connectivity index (χ0n) is 9.96. The van der Waals surface area contributed by atoms with Crippen molar-refractivity contribution in [2.75, 3.05) is 5.32 Å². The zero-order valence-corrected chi connectivity index (χ0v) is 11.6. The summed E-state index contributed by atoms with van der Waals surface area (Å²) in [6, 6.07) is 8.49. The minimum atomic E-state index is 0.272. The van der Waals surface area contributed by atoms with Crippen LogP contribution in [0.3, 0.4) is 0 Å². The van der Waals surface area contributed by atoms with Crippen LogP contribution in [-0.4, -0.2) is 9.36 Å². The van der Waals surface area contributed by atoms with Crippen LogP contribution in [0.1, 0.15) is 24.4 Å². The smallest absolute Gasteiger partial charge is 0.117 e. The average Bonchev–Trinajstić information content (AvgIpc) is 3.06. The molecule has 92 valence electrons. The molecular weight excluding hydrogens is 262 g/mol. The third-order valence-corrected chi connectivity index (χ3v) is 4.54. The van der Waals surface area contributed by atoms with Crippen molar-refractivity contribution < 1.29 is 0 Å². The molecule has 5 heteroatoms. The van der Waals surface area contributed by atoms with E-state index in [9.17, 15) is 0 Å². The van der Waals surface area contributed by atoms with Crippen LogP contribution in [-0.2, 0) is 0 Å². The Morgan fingerprint density at radius 1 is 1.33 bits per heavy atom. The number of benzene rings is 1. The minimum Gasteiger partial charge on any atom is -0.366 e. The molecule has 2 heterocycles. The summed E-state index contributed by atoms with van der Waals surface area (Å²) in [5.74, 6) is 0. The molecule has 3 nitrogen and oxygen atoms in total. The Kier molecular flexibility index (Phi) is 3.25. The van der Waals surface area contributed by atoms with Gasteiger partial charge in [0, 0.05) is 17.0 Å². The van der Waals surface area contributed by atoms with Gasteiger partial charge < -0.3 is 5.32 Å².